The molecule has 0 radical (unpaired) electrons. The van der Waals surface area contributed by atoms with Gasteiger partial charge in [-0.3, -0.25) is 0 Å². The number of thioether (sulfide) groups is 1. The summed E-state index contributed by atoms with van der Waals surface area (Å²) in [5, 5.41) is 12.2. The maximum Gasteiger partial charge on any atom is 1.00 e. The van der Waals surface area contributed by atoms with Crippen molar-refractivity contribution < 1.29 is 43.8 Å². The molecule has 3 nitrogen and oxygen atoms in total. The van der Waals surface area contributed by atoms with Crippen molar-refractivity contribution in [1.29, 1.82) is 0 Å². The minimum absolute atomic E-state index is 0. The average Bonchev–Trinajstić information content (AvgIpc) is 2.72. The predicted molar refractivity (Wildman–Crippen MR) is 111 cm³/mol. The van der Waals surface area contributed by atoms with Gasteiger partial charge in [0.05, 0.1) is 17.2 Å². The van der Waals surface area contributed by atoms with Crippen molar-refractivity contribution in [2.24, 2.45) is 0 Å². The van der Waals surface area contributed by atoms with Crippen molar-refractivity contribution in [2.75, 3.05) is 0 Å². The van der Waals surface area contributed by atoms with Crippen molar-refractivity contribution in [1.82, 2.24) is 4.98 Å². The second-order valence-corrected chi connectivity index (χ2v) is 8.15. The number of hydrogen-bond acceptors (Lipinski definition) is 4. The Morgan fingerprint density at radius 2 is 1.77 bits per heavy atom. The number of carboxylic acids is 1. The van der Waals surface area contributed by atoms with Gasteiger partial charge in [-0.05, 0) is 47.9 Å². The second kappa shape index (κ2) is 8.16. The van der Waals surface area contributed by atoms with Gasteiger partial charge in [0.2, 0.25) is 0 Å². The van der Waals surface area contributed by atoms with Crippen LogP contribution in [0.4, 0.5) is 4.39 Å². The molecule has 0 bridgehead atoms. The first-order valence-electron chi connectivity index (χ1n) is 9.19. The van der Waals surface area contributed by atoms with E-state index in [4.69, 9.17) is 0 Å². The van der Waals surface area contributed by atoms with Gasteiger partial charge in [-0.15, -0.1) is 11.8 Å². The SMILES string of the molecule is Cc1ccc(-c2ccc3c(c2)SCc2c-3nc3ccc(F)cc3c2C(=O)[O-])cc1.[Na+]. The molecule has 0 aliphatic carbocycles. The molecule has 0 saturated heterocycles. The van der Waals surface area contributed by atoms with Gasteiger partial charge in [0.15, 0.2) is 0 Å². The van der Waals surface area contributed by atoms with Gasteiger partial charge in [-0.1, -0.05) is 42.0 Å². The molecular weight excluding hydrogens is 408 g/mol. The quantitative estimate of drug-likeness (QED) is 0.463. The molecular formula is C24H15FNNaO2S. The van der Waals surface area contributed by atoms with Crippen molar-refractivity contribution in [3.05, 3.63) is 83.2 Å². The fourth-order valence-electron chi connectivity index (χ4n) is 3.78. The molecule has 0 saturated carbocycles. The minimum atomic E-state index is -1.31. The zero-order chi connectivity index (χ0) is 20.1. The third kappa shape index (κ3) is 3.56. The molecule has 0 amide bonds. The van der Waals surface area contributed by atoms with E-state index in [0.717, 1.165) is 21.6 Å². The second-order valence-electron chi connectivity index (χ2n) is 7.13. The molecule has 2 heterocycles. The standard InChI is InChI=1S/C24H16FNO2S.Na/c1-13-2-4-14(5-3-13)15-6-8-17-21(10-15)29-12-19-22(24(27)28)18-11-16(25)7-9-20(18)26-23(17)19;/h2-11H,12H2,1H3,(H,27,28);/q;+1/p-1. The molecule has 1 aromatic heterocycles. The maximum atomic E-state index is 13.7. The largest absolute Gasteiger partial charge is 1.00 e. The number of benzene rings is 3. The monoisotopic (exact) mass is 423 g/mol. The summed E-state index contributed by atoms with van der Waals surface area (Å²) in [6.45, 7) is 2.06. The van der Waals surface area contributed by atoms with Gasteiger partial charge >= 0.3 is 29.6 Å². The molecule has 142 valence electrons. The van der Waals surface area contributed by atoms with Crippen LogP contribution in [-0.4, -0.2) is 11.0 Å². The number of rotatable bonds is 2. The van der Waals surface area contributed by atoms with E-state index >= 15 is 0 Å². The number of fused-ring (bicyclic) bond motifs is 4. The fraction of sp³-hybridized carbons (Fsp3) is 0.0833. The maximum absolute atomic E-state index is 13.7. The van der Waals surface area contributed by atoms with E-state index in [1.54, 1.807) is 11.8 Å². The van der Waals surface area contributed by atoms with Crippen LogP contribution in [0.5, 0.6) is 0 Å². The minimum Gasteiger partial charge on any atom is -0.545 e. The van der Waals surface area contributed by atoms with E-state index in [9.17, 15) is 14.3 Å². The molecule has 0 fully saturated rings. The number of nitrogens with zero attached hydrogens (tertiary/aromatic N) is 1. The molecule has 30 heavy (non-hydrogen) atoms. The smallest absolute Gasteiger partial charge is 0.545 e. The zero-order valence-electron chi connectivity index (χ0n) is 16.5. The molecule has 5 rings (SSSR count). The van der Waals surface area contributed by atoms with Crippen LogP contribution in [0.15, 0.2) is 65.6 Å². The van der Waals surface area contributed by atoms with Crippen LogP contribution in [0.2, 0.25) is 0 Å². The summed E-state index contributed by atoms with van der Waals surface area (Å²) in [6.07, 6.45) is 0. The molecule has 0 unspecified atom stereocenters. The van der Waals surface area contributed by atoms with Crippen LogP contribution in [0.3, 0.4) is 0 Å². The molecule has 0 N–H and O–H groups in total. The molecule has 0 spiro atoms. The Hall–Kier alpha value is -2.18. The summed E-state index contributed by atoms with van der Waals surface area (Å²) < 4.78 is 13.7. The van der Waals surface area contributed by atoms with Gasteiger partial charge in [-0.25, -0.2) is 9.37 Å². The van der Waals surface area contributed by atoms with Gasteiger partial charge in [0, 0.05) is 27.2 Å². The van der Waals surface area contributed by atoms with Gasteiger partial charge in [0.25, 0.3) is 0 Å². The zero-order valence-corrected chi connectivity index (χ0v) is 19.3. The predicted octanol–water partition coefficient (Wildman–Crippen LogP) is 1.99. The Morgan fingerprint density at radius 3 is 2.50 bits per heavy atom. The normalized spacial score (nSPS) is 12.1. The summed E-state index contributed by atoms with van der Waals surface area (Å²) in [5.41, 5.74) is 6.02. The van der Waals surface area contributed by atoms with E-state index < -0.39 is 11.8 Å². The van der Waals surface area contributed by atoms with E-state index in [1.165, 1.54) is 23.8 Å². The van der Waals surface area contributed by atoms with E-state index in [-0.39, 0.29) is 40.5 Å². The van der Waals surface area contributed by atoms with Gasteiger partial charge in [0.1, 0.15) is 5.82 Å². The molecule has 6 heteroatoms. The molecule has 0 atom stereocenters. The van der Waals surface area contributed by atoms with Crippen LogP contribution in [0.1, 0.15) is 21.5 Å². The Kier molecular flexibility index (Phi) is 5.73. The Bertz CT molecular complexity index is 1310. The van der Waals surface area contributed by atoms with Crippen molar-refractivity contribution in [2.45, 2.75) is 17.6 Å². The topological polar surface area (TPSA) is 53.0 Å². The number of aromatic carboxylic acids is 1. The van der Waals surface area contributed by atoms with E-state index in [2.05, 4.69) is 42.2 Å². The molecule has 4 aromatic rings. The van der Waals surface area contributed by atoms with Crippen molar-refractivity contribution in [3.8, 4) is 22.4 Å². The van der Waals surface area contributed by atoms with Gasteiger partial charge < -0.3 is 9.90 Å². The average molecular weight is 423 g/mol. The van der Waals surface area contributed by atoms with Crippen LogP contribution in [-0.2, 0) is 5.75 Å². The summed E-state index contributed by atoms with van der Waals surface area (Å²) in [7, 11) is 0. The molecule has 1 aliphatic rings. The Balaban J connectivity index is 0.00000218. The van der Waals surface area contributed by atoms with Crippen molar-refractivity contribution >= 4 is 28.6 Å². The number of carbonyl (C=O) groups is 1. The van der Waals surface area contributed by atoms with Crippen LogP contribution in [0, 0.1) is 12.7 Å². The van der Waals surface area contributed by atoms with Crippen LogP contribution < -0.4 is 34.7 Å². The Labute approximate surface area is 199 Å². The summed E-state index contributed by atoms with van der Waals surface area (Å²) in [5.74, 6) is -1.35. The first-order valence-corrected chi connectivity index (χ1v) is 10.2. The van der Waals surface area contributed by atoms with E-state index in [1.807, 2.05) is 12.1 Å². The van der Waals surface area contributed by atoms with Gasteiger partial charge in [-0.2, -0.15) is 0 Å². The van der Waals surface area contributed by atoms with Crippen LogP contribution in [0.25, 0.3) is 33.3 Å². The van der Waals surface area contributed by atoms with Crippen molar-refractivity contribution in [3.63, 3.8) is 0 Å². The summed E-state index contributed by atoms with van der Waals surface area (Å²) in [6, 6.07) is 18.5. The third-order valence-electron chi connectivity index (χ3n) is 5.25. The number of halogens is 1. The number of hydrogen-bond donors (Lipinski definition) is 0. The number of pyridine rings is 1. The fourth-order valence-corrected chi connectivity index (χ4v) is 4.90. The first-order chi connectivity index (χ1) is 14.0. The van der Waals surface area contributed by atoms with E-state index in [0.29, 0.717) is 22.5 Å². The number of aromatic nitrogens is 1. The molecule has 1 aliphatic heterocycles. The number of carbonyl (C=O) groups excluding carboxylic acids is 1. The third-order valence-corrected chi connectivity index (χ3v) is 6.33. The molecule has 3 aromatic carbocycles. The summed E-state index contributed by atoms with van der Waals surface area (Å²) in [4.78, 5) is 17.6. The summed E-state index contributed by atoms with van der Waals surface area (Å²) >= 11 is 1.56. The number of carboxylic acid groups (broad SMARTS) is 1. The van der Waals surface area contributed by atoms with Crippen LogP contribution >= 0.6 is 11.8 Å². The Morgan fingerprint density at radius 1 is 1.03 bits per heavy atom. The first kappa shape index (κ1) is 21.1. The number of aryl methyl sites for hydroxylation is 1.